The molecule has 0 aromatic rings. The van der Waals surface area contributed by atoms with Gasteiger partial charge in [-0.2, -0.15) is 0 Å². The van der Waals surface area contributed by atoms with E-state index in [1.807, 2.05) is 0 Å². The van der Waals surface area contributed by atoms with E-state index in [0.717, 1.165) is 5.54 Å². The monoisotopic (exact) mass is 292 g/mol. The standard InChI is InChI=1S/C20H24Si/c1-2-10-17(9-1)21(18-11-3-4-12-18,19-13-5-6-14-19)20-15-7-8-16-20/h1-6,9,11,13,20H,7-8,10,12,14-16H2. The van der Waals surface area contributed by atoms with Crippen LogP contribution >= 0.6 is 0 Å². The predicted octanol–water partition coefficient (Wildman–Crippen LogP) is 5.66. The molecule has 0 amide bonds. The van der Waals surface area contributed by atoms with Crippen LogP contribution in [-0.4, -0.2) is 8.07 Å². The molecule has 0 aliphatic heterocycles. The molecule has 0 atom stereocenters. The van der Waals surface area contributed by atoms with Gasteiger partial charge in [0.25, 0.3) is 0 Å². The molecule has 1 heteroatoms. The fraction of sp³-hybridized carbons (Fsp3) is 0.400. The lowest BCUT2D eigenvalue weighted by Gasteiger charge is -2.42. The summed E-state index contributed by atoms with van der Waals surface area (Å²) in [6.07, 6.45) is 30.9. The van der Waals surface area contributed by atoms with E-state index in [9.17, 15) is 0 Å². The van der Waals surface area contributed by atoms with Crippen LogP contribution in [0.4, 0.5) is 0 Å². The molecule has 4 rings (SSSR count). The van der Waals surface area contributed by atoms with E-state index >= 15 is 0 Å². The van der Waals surface area contributed by atoms with Crippen LogP contribution in [0.1, 0.15) is 44.9 Å². The van der Waals surface area contributed by atoms with E-state index < -0.39 is 8.07 Å². The highest BCUT2D eigenvalue weighted by Gasteiger charge is 2.50. The van der Waals surface area contributed by atoms with Gasteiger partial charge in [0.1, 0.15) is 8.07 Å². The van der Waals surface area contributed by atoms with Crippen molar-refractivity contribution in [1.29, 1.82) is 0 Å². The summed E-state index contributed by atoms with van der Waals surface area (Å²) < 4.78 is 0. The summed E-state index contributed by atoms with van der Waals surface area (Å²) in [4.78, 5) is 0. The maximum atomic E-state index is 2.48. The summed E-state index contributed by atoms with van der Waals surface area (Å²) >= 11 is 0. The molecule has 0 radical (unpaired) electrons. The average molecular weight is 292 g/mol. The Morgan fingerprint density at radius 1 is 0.667 bits per heavy atom. The van der Waals surface area contributed by atoms with Gasteiger partial charge in [-0.1, -0.05) is 96.0 Å². The average Bonchev–Trinajstić information content (AvgIpc) is 3.32. The molecule has 0 spiro atoms. The highest BCUT2D eigenvalue weighted by Crippen LogP contribution is 2.53. The number of hydrogen-bond acceptors (Lipinski definition) is 0. The molecule has 0 N–H and O–H groups in total. The van der Waals surface area contributed by atoms with Gasteiger partial charge in [0.15, 0.2) is 0 Å². The Hall–Kier alpha value is -1.34. The highest BCUT2D eigenvalue weighted by atomic mass is 28.3. The van der Waals surface area contributed by atoms with Crippen LogP contribution in [0.3, 0.4) is 0 Å². The predicted molar refractivity (Wildman–Crippen MR) is 93.5 cm³/mol. The SMILES string of the molecule is C1=CCC([Si](C2=CC=CC2)(C2=CC=CC2)C2CCCC2)=C1. The van der Waals surface area contributed by atoms with Crippen LogP contribution in [-0.2, 0) is 0 Å². The molecular formula is C20H24Si. The topological polar surface area (TPSA) is 0 Å². The number of allylic oxidation sites excluding steroid dienone is 12. The lowest BCUT2D eigenvalue weighted by molar-refractivity contribution is 0.834. The summed E-state index contributed by atoms with van der Waals surface area (Å²) in [6.45, 7) is 0. The quantitative estimate of drug-likeness (QED) is 0.587. The normalized spacial score (nSPS) is 24.9. The molecule has 0 saturated heterocycles. The van der Waals surface area contributed by atoms with E-state index in [2.05, 4.69) is 54.7 Å². The molecule has 0 bridgehead atoms. The van der Waals surface area contributed by atoms with Gasteiger partial charge in [0, 0.05) is 0 Å². The second-order valence-electron chi connectivity index (χ2n) is 6.76. The van der Waals surface area contributed by atoms with Crippen molar-refractivity contribution in [3.8, 4) is 0 Å². The van der Waals surface area contributed by atoms with E-state index in [1.54, 1.807) is 15.6 Å². The third kappa shape index (κ3) is 2.02. The van der Waals surface area contributed by atoms with Gasteiger partial charge in [-0.05, 0) is 24.8 Å². The van der Waals surface area contributed by atoms with Gasteiger partial charge in [-0.15, -0.1) is 0 Å². The van der Waals surface area contributed by atoms with Gasteiger partial charge in [-0.25, -0.2) is 0 Å². The summed E-state index contributed by atoms with van der Waals surface area (Å²) in [6, 6.07) is 0. The van der Waals surface area contributed by atoms with Crippen LogP contribution in [0.25, 0.3) is 0 Å². The maximum absolute atomic E-state index is 2.48. The molecule has 1 saturated carbocycles. The summed E-state index contributed by atoms with van der Waals surface area (Å²) in [5, 5.41) is 5.37. The van der Waals surface area contributed by atoms with Gasteiger partial charge < -0.3 is 0 Å². The van der Waals surface area contributed by atoms with Crippen LogP contribution in [0.2, 0.25) is 5.54 Å². The summed E-state index contributed by atoms with van der Waals surface area (Å²) in [7, 11) is -1.67. The van der Waals surface area contributed by atoms with E-state index in [1.165, 1.54) is 44.9 Å². The first kappa shape index (κ1) is 13.3. The lowest BCUT2D eigenvalue weighted by Crippen LogP contribution is -2.46. The molecule has 108 valence electrons. The number of hydrogen-bond donors (Lipinski definition) is 0. The third-order valence-electron chi connectivity index (χ3n) is 5.80. The molecule has 0 heterocycles. The van der Waals surface area contributed by atoms with Crippen molar-refractivity contribution in [1.82, 2.24) is 0 Å². The van der Waals surface area contributed by atoms with Crippen molar-refractivity contribution in [2.75, 3.05) is 0 Å². The Morgan fingerprint density at radius 2 is 1.10 bits per heavy atom. The van der Waals surface area contributed by atoms with Crippen LogP contribution in [0.15, 0.2) is 70.3 Å². The lowest BCUT2D eigenvalue weighted by atomic mass is 10.4. The minimum atomic E-state index is -1.67. The zero-order valence-electron chi connectivity index (χ0n) is 12.7. The van der Waals surface area contributed by atoms with Crippen LogP contribution < -0.4 is 0 Å². The molecule has 0 aromatic heterocycles. The van der Waals surface area contributed by atoms with Crippen molar-refractivity contribution in [3.05, 3.63) is 70.3 Å². The minimum Gasteiger partial charge on any atom is -0.0808 e. The Balaban J connectivity index is 1.85. The fourth-order valence-electron chi connectivity index (χ4n) is 4.98. The fourth-order valence-corrected chi connectivity index (χ4v) is 11.5. The van der Waals surface area contributed by atoms with Crippen molar-refractivity contribution in [2.24, 2.45) is 0 Å². The molecule has 0 aromatic carbocycles. The zero-order chi connectivity index (χ0) is 14.1. The van der Waals surface area contributed by atoms with E-state index in [4.69, 9.17) is 0 Å². The summed E-state index contributed by atoms with van der Waals surface area (Å²) in [5.41, 5.74) is 0.945. The first-order chi connectivity index (χ1) is 10.4. The Bertz CT molecular complexity index is 530. The van der Waals surface area contributed by atoms with Crippen molar-refractivity contribution >= 4 is 8.07 Å². The van der Waals surface area contributed by atoms with Gasteiger partial charge >= 0.3 is 0 Å². The zero-order valence-corrected chi connectivity index (χ0v) is 13.7. The Morgan fingerprint density at radius 3 is 1.43 bits per heavy atom. The molecule has 0 nitrogen and oxygen atoms in total. The molecular weight excluding hydrogens is 268 g/mol. The molecule has 4 aliphatic rings. The third-order valence-corrected chi connectivity index (χ3v) is 11.8. The maximum Gasteiger partial charge on any atom is 0.140 e. The second-order valence-corrected chi connectivity index (χ2v) is 11.1. The smallest absolute Gasteiger partial charge is 0.0808 e. The first-order valence-corrected chi connectivity index (χ1v) is 10.6. The van der Waals surface area contributed by atoms with Gasteiger partial charge in [0.05, 0.1) is 0 Å². The van der Waals surface area contributed by atoms with Gasteiger partial charge in [0.2, 0.25) is 0 Å². The molecule has 21 heavy (non-hydrogen) atoms. The largest absolute Gasteiger partial charge is 0.140 e. The van der Waals surface area contributed by atoms with Gasteiger partial charge in [-0.3, -0.25) is 0 Å². The minimum absolute atomic E-state index is 0.945. The van der Waals surface area contributed by atoms with E-state index in [-0.39, 0.29) is 0 Å². The van der Waals surface area contributed by atoms with Crippen LogP contribution in [0.5, 0.6) is 0 Å². The van der Waals surface area contributed by atoms with Crippen molar-refractivity contribution < 1.29 is 0 Å². The summed E-state index contributed by atoms with van der Waals surface area (Å²) in [5.74, 6) is 0. The highest BCUT2D eigenvalue weighted by molar-refractivity contribution is 6.99. The molecule has 0 unspecified atom stereocenters. The van der Waals surface area contributed by atoms with Crippen LogP contribution in [0, 0.1) is 0 Å². The second kappa shape index (κ2) is 5.45. The number of rotatable bonds is 4. The van der Waals surface area contributed by atoms with Crippen molar-refractivity contribution in [3.63, 3.8) is 0 Å². The van der Waals surface area contributed by atoms with Crippen molar-refractivity contribution in [2.45, 2.75) is 50.5 Å². The first-order valence-electron chi connectivity index (χ1n) is 8.51. The molecule has 1 fully saturated rings. The Kier molecular flexibility index (Phi) is 3.46. The molecule has 4 aliphatic carbocycles. The Labute approximate surface area is 129 Å². The van der Waals surface area contributed by atoms with E-state index in [0.29, 0.717) is 0 Å².